The van der Waals surface area contributed by atoms with Crippen molar-refractivity contribution in [1.82, 2.24) is 9.97 Å². The lowest BCUT2D eigenvalue weighted by Gasteiger charge is -2.16. The van der Waals surface area contributed by atoms with Gasteiger partial charge in [0.2, 0.25) is 5.95 Å². The SMILES string of the molecule is Fc1ccc2c(c1)N(c1ncccn1)CC2. The summed E-state index contributed by atoms with van der Waals surface area (Å²) in [5.74, 6) is 0.411. The van der Waals surface area contributed by atoms with Crippen LogP contribution in [0.25, 0.3) is 0 Å². The fourth-order valence-corrected chi connectivity index (χ4v) is 1.99. The van der Waals surface area contributed by atoms with Crippen LogP contribution in [0.3, 0.4) is 0 Å². The highest BCUT2D eigenvalue weighted by Crippen LogP contribution is 2.32. The molecule has 0 aliphatic carbocycles. The quantitative estimate of drug-likeness (QED) is 0.731. The molecular weight excluding hydrogens is 205 g/mol. The standard InChI is InChI=1S/C12H10FN3/c13-10-3-2-9-4-7-16(11(9)8-10)12-14-5-1-6-15-12/h1-3,5-6,8H,4,7H2. The van der Waals surface area contributed by atoms with Gasteiger partial charge in [-0.05, 0) is 30.2 Å². The van der Waals surface area contributed by atoms with E-state index in [-0.39, 0.29) is 5.82 Å². The van der Waals surface area contributed by atoms with Crippen LogP contribution in [0.4, 0.5) is 16.0 Å². The number of fused-ring (bicyclic) bond motifs is 1. The molecule has 1 aliphatic rings. The Morgan fingerprint density at radius 1 is 1.19 bits per heavy atom. The van der Waals surface area contributed by atoms with Gasteiger partial charge in [0, 0.05) is 18.9 Å². The van der Waals surface area contributed by atoms with Crippen LogP contribution >= 0.6 is 0 Å². The molecule has 3 rings (SSSR count). The second-order valence-corrected chi connectivity index (χ2v) is 3.72. The van der Waals surface area contributed by atoms with Crippen LogP contribution in [0.2, 0.25) is 0 Å². The van der Waals surface area contributed by atoms with E-state index in [9.17, 15) is 4.39 Å². The maximum absolute atomic E-state index is 13.2. The molecule has 2 heterocycles. The monoisotopic (exact) mass is 215 g/mol. The minimum Gasteiger partial charge on any atom is -0.310 e. The Hall–Kier alpha value is -1.97. The maximum atomic E-state index is 13.2. The first-order chi connectivity index (χ1) is 7.84. The Bertz CT molecular complexity index is 513. The molecule has 0 bridgehead atoms. The van der Waals surface area contributed by atoms with Gasteiger partial charge >= 0.3 is 0 Å². The molecule has 1 aliphatic heterocycles. The van der Waals surface area contributed by atoms with E-state index in [1.807, 2.05) is 11.0 Å². The molecule has 4 heteroatoms. The van der Waals surface area contributed by atoms with Crippen LogP contribution in [0, 0.1) is 5.82 Å². The van der Waals surface area contributed by atoms with Crippen molar-refractivity contribution >= 4 is 11.6 Å². The number of aromatic nitrogens is 2. The van der Waals surface area contributed by atoms with Gasteiger partial charge in [-0.15, -0.1) is 0 Å². The molecule has 0 saturated heterocycles. The number of anilines is 2. The average Bonchev–Trinajstić information content (AvgIpc) is 2.73. The van der Waals surface area contributed by atoms with E-state index in [1.165, 1.54) is 6.07 Å². The number of benzene rings is 1. The molecule has 3 nitrogen and oxygen atoms in total. The molecule has 0 unspecified atom stereocenters. The lowest BCUT2D eigenvalue weighted by Crippen LogP contribution is -2.16. The second-order valence-electron chi connectivity index (χ2n) is 3.72. The third-order valence-electron chi connectivity index (χ3n) is 2.74. The zero-order valence-electron chi connectivity index (χ0n) is 8.60. The van der Waals surface area contributed by atoms with Crippen molar-refractivity contribution in [1.29, 1.82) is 0 Å². The minimum absolute atomic E-state index is 0.221. The topological polar surface area (TPSA) is 29.0 Å². The Balaban J connectivity index is 2.06. The molecule has 0 spiro atoms. The van der Waals surface area contributed by atoms with Gasteiger partial charge in [-0.2, -0.15) is 0 Å². The van der Waals surface area contributed by atoms with Gasteiger partial charge in [-0.3, -0.25) is 0 Å². The largest absolute Gasteiger partial charge is 0.310 e. The number of hydrogen-bond donors (Lipinski definition) is 0. The van der Waals surface area contributed by atoms with Crippen LogP contribution in [-0.4, -0.2) is 16.5 Å². The van der Waals surface area contributed by atoms with Crippen molar-refractivity contribution in [3.05, 3.63) is 48.0 Å². The van der Waals surface area contributed by atoms with Crippen molar-refractivity contribution in [2.45, 2.75) is 6.42 Å². The van der Waals surface area contributed by atoms with E-state index in [0.29, 0.717) is 5.95 Å². The highest BCUT2D eigenvalue weighted by atomic mass is 19.1. The lowest BCUT2D eigenvalue weighted by atomic mass is 10.2. The molecule has 0 amide bonds. The van der Waals surface area contributed by atoms with Gasteiger partial charge < -0.3 is 4.90 Å². The summed E-state index contributed by atoms with van der Waals surface area (Å²) in [6, 6.07) is 6.63. The lowest BCUT2D eigenvalue weighted by molar-refractivity contribution is 0.628. The zero-order chi connectivity index (χ0) is 11.0. The van der Waals surface area contributed by atoms with Crippen LogP contribution in [0.15, 0.2) is 36.7 Å². The Morgan fingerprint density at radius 3 is 2.81 bits per heavy atom. The maximum Gasteiger partial charge on any atom is 0.229 e. The summed E-state index contributed by atoms with van der Waals surface area (Å²) in [6.45, 7) is 0.808. The highest BCUT2D eigenvalue weighted by Gasteiger charge is 2.22. The van der Waals surface area contributed by atoms with Gasteiger partial charge in [0.05, 0.1) is 5.69 Å². The van der Waals surface area contributed by atoms with Crippen molar-refractivity contribution in [3.63, 3.8) is 0 Å². The third kappa shape index (κ3) is 1.43. The summed E-state index contributed by atoms with van der Waals surface area (Å²) in [5.41, 5.74) is 2.03. The van der Waals surface area contributed by atoms with Crippen LogP contribution in [0.5, 0.6) is 0 Å². The number of hydrogen-bond acceptors (Lipinski definition) is 3. The van der Waals surface area contributed by atoms with E-state index in [1.54, 1.807) is 24.5 Å². The molecule has 1 aromatic carbocycles. The van der Waals surface area contributed by atoms with Gasteiger partial charge in [0.15, 0.2) is 0 Å². The van der Waals surface area contributed by atoms with Crippen molar-refractivity contribution in [3.8, 4) is 0 Å². The van der Waals surface area contributed by atoms with Gasteiger partial charge in [0.25, 0.3) is 0 Å². The Labute approximate surface area is 92.6 Å². The fraction of sp³-hybridized carbons (Fsp3) is 0.167. The summed E-state index contributed by atoms with van der Waals surface area (Å²) in [5, 5.41) is 0. The van der Waals surface area contributed by atoms with E-state index < -0.39 is 0 Å². The molecule has 0 fully saturated rings. The zero-order valence-corrected chi connectivity index (χ0v) is 8.60. The second kappa shape index (κ2) is 3.56. The first-order valence-electron chi connectivity index (χ1n) is 5.17. The molecule has 0 N–H and O–H groups in total. The predicted octanol–water partition coefficient (Wildman–Crippen LogP) is 2.31. The number of nitrogens with zero attached hydrogens (tertiary/aromatic N) is 3. The summed E-state index contributed by atoms with van der Waals surface area (Å²) in [6.07, 6.45) is 4.30. The van der Waals surface area contributed by atoms with Gasteiger partial charge in [-0.1, -0.05) is 6.07 Å². The third-order valence-corrected chi connectivity index (χ3v) is 2.74. The molecule has 2 aromatic rings. The summed E-state index contributed by atoms with van der Waals surface area (Å²) in [4.78, 5) is 10.3. The molecule has 80 valence electrons. The minimum atomic E-state index is -0.221. The first kappa shape index (κ1) is 9.27. The summed E-state index contributed by atoms with van der Waals surface area (Å²) < 4.78 is 13.2. The normalized spacial score (nSPS) is 13.9. The van der Waals surface area contributed by atoms with E-state index >= 15 is 0 Å². The van der Waals surface area contributed by atoms with Gasteiger partial charge in [-0.25, -0.2) is 14.4 Å². The van der Waals surface area contributed by atoms with Gasteiger partial charge in [0.1, 0.15) is 5.82 Å². The molecule has 0 atom stereocenters. The van der Waals surface area contributed by atoms with Crippen molar-refractivity contribution in [2.75, 3.05) is 11.4 Å². The Morgan fingerprint density at radius 2 is 2.00 bits per heavy atom. The molecule has 16 heavy (non-hydrogen) atoms. The van der Waals surface area contributed by atoms with Crippen molar-refractivity contribution in [2.24, 2.45) is 0 Å². The van der Waals surface area contributed by atoms with Crippen molar-refractivity contribution < 1.29 is 4.39 Å². The summed E-state index contributed by atoms with van der Waals surface area (Å²) >= 11 is 0. The first-order valence-corrected chi connectivity index (χ1v) is 5.17. The molecular formula is C12H10FN3. The van der Waals surface area contributed by atoms with E-state index in [2.05, 4.69) is 9.97 Å². The smallest absolute Gasteiger partial charge is 0.229 e. The van der Waals surface area contributed by atoms with Crippen LogP contribution in [0.1, 0.15) is 5.56 Å². The molecule has 0 saturated carbocycles. The Kier molecular flexibility index (Phi) is 2.06. The number of halogens is 1. The van der Waals surface area contributed by atoms with E-state index in [4.69, 9.17) is 0 Å². The predicted molar refractivity (Wildman–Crippen MR) is 59.1 cm³/mol. The fourth-order valence-electron chi connectivity index (χ4n) is 1.99. The molecule has 0 radical (unpaired) electrons. The number of rotatable bonds is 1. The average molecular weight is 215 g/mol. The van der Waals surface area contributed by atoms with Crippen LogP contribution < -0.4 is 4.90 Å². The van der Waals surface area contributed by atoms with Crippen LogP contribution in [-0.2, 0) is 6.42 Å². The highest BCUT2D eigenvalue weighted by molar-refractivity contribution is 5.65. The summed E-state index contributed by atoms with van der Waals surface area (Å²) in [7, 11) is 0. The van der Waals surface area contributed by atoms with E-state index in [0.717, 1.165) is 24.2 Å². The molecule has 1 aromatic heterocycles.